The standard InChI is InChI=1S/C48H30N2/c1-4-13-34-28-37(21-20-31(34)10-1)40-17-9-18-42-47-45(50(48(40)42)39-25-23-33-12-3-6-15-36(33)30-39)27-26-44-46(47)41-16-7-8-19-43(41)49(44)38-24-22-32-11-2-5-14-35(32)29-38/h1-30H. The highest BCUT2D eigenvalue weighted by Gasteiger charge is 2.22. The molecule has 2 nitrogen and oxygen atoms in total. The van der Waals surface area contributed by atoms with Crippen molar-refractivity contribution in [2.24, 2.45) is 0 Å². The average molecular weight is 635 g/mol. The van der Waals surface area contributed by atoms with Gasteiger partial charge in [0.1, 0.15) is 0 Å². The summed E-state index contributed by atoms with van der Waals surface area (Å²) in [6.07, 6.45) is 0. The van der Waals surface area contributed by atoms with E-state index < -0.39 is 0 Å². The van der Waals surface area contributed by atoms with E-state index >= 15 is 0 Å². The fraction of sp³-hybridized carbons (Fsp3) is 0. The van der Waals surface area contributed by atoms with Gasteiger partial charge in [0.15, 0.2) is 0 Å². The second-order valence-electron chi connectivity index (χ2n) is 13.4. The van der Waals surface area contributed by atoms with Crippen molar-refractivity contribution < 1.29 is 0 Å². The van der Waals surface area contributed by atoms with Gasteiger partial charge in [0.2, 0.25) is 0 Å². The molecule has 2 aromatic heterocycles. The Balaban J connectivity index is 1.30. The van der Waals surface area contributed by atoms with Crippen LogP contribution in [0.25, 0.3) is 98.4 Å². The van der Waals surface area contributed by atoms with Crippen LogP contribution in [0.5, 0.6) is 0 Å². The summed E-state index contributed by atoms with van der Waals surface area (Å²) in [7, 11) is 0. The van der Waals surface area contributed by atoms with Gasteiger partial charge in [0.25, 0.3) is 0 Å². The van der Waals surface area contributed by atoms with Crippen LogP contribution in [0, 0.1) is 0 Å². The van der Waals surface area contributed by atoms with E-state index in [1.807, 2.05) is 0 Å². The highest BCUT2D eigenvalue weighted by Crippen LogP contribution is 2.45. The first-order valence-corrected chi connectivity index (χ1v) is 17.3. The SMILES string of the molecule is c1ccc2cc(-c3cccc4c5c6c7ccccc7n(-c7ccc8ccccc8c7)c6ccc5n(-c5ccc6ccccc6c5)c34)ccc2c1. The Morgan fingerprint density at radius 3 is 1.48 bits per heavy atom. The Kier molecular flexibility index (Phi) is 5.70. The zero-order chi connectivity index (χ0) is 32.8. The van der Waals surface area contributed by atoms with E-state index in [-0.39, 0.29) is 0 Å². The maximum Gasteiger partial charge on any atom is 0.0619 e. The largest absolute Gasteiger partial charge is 0.309 e. The van der Waals surface area contributed by atoms with Crippen molar-refractivity contribution in [2.45, 2.75) is 0 Å². The van der Waals surface area contributed by atoms with E-state index in [2.05, 4.69) is 191 Å². The summed E-state index contributed by atoms with van der Waals surface area (Å²) in [5.41, 5.74) is 9.63. The molecule has 2 heteroatoms. The quantitative estimate of drug-likeness (QED) is 0.183. The van der Waals surface area contributed by atoms with Gasteiger partial charge in [-0.2, -0.15) is 0 Å². The van der Waals surface area contributed by atoms with Crippen LogP contribution in [0.1, 0.15) is 0 Å². The van der Waals surface area contributed by atoms with Crippen LogP contribution in [0.4, 0.5) is 0 Å². The minimum atomic E-state index is 1.16. The summed E-state index contributed by atoms with van der Waals surface area (Å²) in [6.45, 7) is 0. The van der Waals surface area contributed by atoms with Gasteiger partial charge in [-0.1, -0.05) is 133 Å². The van der Waals surface area contributed by atoms with Crippen LogP contribution in [-0.4, -0.2) is 9.13 Å². The van der Waals surface area contributed by atoms with E-state index in [1.165, 1.54) is 92.7 Å². The summed E-state index contributed by atoms with van der Waals surface area (Å²) in [5, 5.41) is 12.5. The van der Waals surface area contributed by atoms with Crippen LogP contribution in [0.2, 0.25) is 0 Å². The van der Waals surface area contributed by atoms with Crippen molar-refractivity contribution in [2.75, 3.05) is 0 Å². The molecular formula is C48H30N2. The lowest BCUT2D eigenvalue weighted by atomic mass is 9.98. The predicted octanol–water partition coefficient (Wildman–Crippen LogP) is 13.0. The van der Waals surface area contributed by atoms with Crippen LogP contribution in [0.3, 0.4) is 0 Å². The molecule has 0 bridgehead atoms. The fourth-order valence-electron chi connectivity index (χ4n) is 8.38. The third kappa shape index (κ3) is 3.90. The number of aromatic nitrogens is 2. The summed E-state index contributed by atoms with van der Waals surface area (Å²) in [5.74, 6) is 0. The monoisotopic (exact) mass is 634 g/mol. The van der Waals surface area contributed by atoms with Gasteiger partial charge in [-0.3, -0.25) is 0 Å². The van der Waals surface area contributed by atoms with Gasteiger partial charge in [-0.15, -0.1) is 0 Å². The Hall–Kier alpha value is -6.64. The number of hydrogen-bond donors (Lipinski definition) is 0. The lowest BCUT2D eigenvalue weighted by molar-refractivity contribution is 1.18. The van der Waals surface area contributed by atoms with Gasteiger partial charge in [-0.25, -0.2) is 0 Å². The molecule has 0 saturated heterocycles. The maximum atomic E-state index is 2.50. The van der Waals surface area contributed by atoms with Crippen LogP contribution in [-0.2, 0) is 0 Å². The summed E-state index contributed by atoms with van der Waals surface area (Å²) in [6, 6.07) is 66.9. The van der Waals surface area contributed by atoms with Crippen molar-refractivity contribution in [3.05, 3.63) is 182 Å². The number of hydrogen-bond acceptors (Lipinski definition) is 0. The highest BCUT2D eigenvalue weighted by molar-refractivity contribution is 6.30. The summed E-state index contributed by atoms with van der Waals surface area (Å²) >= 11 is 0. The first kappa shape index (κ1) is 27.3. The van der Waals surface area contributed by atoms with E-state index in [0.717, 1.165) is 5.69 Å². The Bertz CT molecular complexity index is 3160. The molecule has 11 aromatic rings. The topological polar surface area (TPSA) is 9.86 Å². The number of rotatable bonds is 3. The molecule has 0 aliphatic rings. The van der Waals surface area contributed by atoms with Crippen molar-refractivity contribution in [3.63, 3.8) is 0 Å². The zero-order valence-electron chi connectivity index (χ0n) is 27.2. The van der Waals surface area contributed by atoms with E-state index in [4.69, 9.17) is 0 Å². The zero-order valence-corrected chi connectivity index (χ0v) is 27.2. The van der Waals surface area contributed by atoms with Gasteiger partial charge < -0.3 is 9.13 Å². The normalized spacial score (nSPS) is 12.0. The van der Waals surface area contributed by atoms with Gasteiger partial charge in [0, 0.05) is 38.5 Å². The molecule has 0 aliphatic heterocycles. The molecular weight excluding hydrogens is 605 g/mol. The molecule has 0 amide bonds. The number of para-hydroxylation sites is 2. The van der Waals surface area contributed by atoms with Gasteiger partial charge in [0.05, 0.1) is 22.1 Å². The van der Waals surface area contributed by atoms with E-state index in [0.29, 0.717) is 0 Å². The Morgan fingerprint density at radius 2 is 0.800 bits per heavy atom. The lowest BCUT2D eigenvalue weighted by Crippen LogP contribution is -1.96. The Labute approximate surface area is 288 Å². The highest BCUT2D eigenvalue weighted by atomic mass is 15.0. The third-order valence-electron chi connectivity index (χ3n) is 10.6. The van der Waals surface area contributed by atoms with Crippen LogP contribution < -0.4 is 0 Å². The molecule has 232 valence electrons. The molecule has 0 radical (unpaired) electrons. The van der Waals surface area contributed by atoms with Crippen LogP contribution in [0.15, 0.2) is 182 Å². The van der Waals surface area contributed by atoms with Crippen LogP contribution >= 0.6 is 0 Å². The number of fused-ring (bicyclic) bond motifs is 10. The predicted molar refractivity (Wildman–Crippen MR) is 213 cm³/mol. The second-order valence-corrected chi connectivity index (χ2v) is 13.4. The minimum Gasteiger partial charge on any atom is -0.309 e. The van der Waals surface area contributed by atoms with Gasteiger partial charge >= 0.3 is 0 Å². The minimum absolute atomic E-state index is 1.16. The molecule has 0 N–H and O–H groups in total. The lowest BCUT2D eigenvalue weighted by Gasteiger charge is -2.13. The Morgan fingerprint density at radius 1 is 0.300 bits per heavy atom. The smallest absolute Gasteiger partial charge is 0.0619 e. The molecule has 0 saturated carbocycles. The number of benzene rings is 9. The fourth-order valence-corrected chi connectivity index (χ4v) is 8.38. The first-order valence-electron chi connectivity index (χ1n) is 17.3. The molecule has 11 rings (SSSR count). The average Bonchev–Trinajstić information content (AvgIpc) is 3.70. The van der Waals surface area contributed by atoms with Crippen molar-refractivity contribution in [1.82, 2.24) is 9.13 Å². The maximum absolute atomic E-state index is 2.50. The molecule has 0 atom stereocenters. The third-order valence-corrected chi connectivity index (χ3v) is 10.6. The summed E-state index contributed by atoms with van der Waals surface area (Å²) in [4.78, 5) is 0. The van der Waals surface area contributed by atoms with Crippen molar-refractivity contribution >= 4 is 75.9 Å². The van der Waals surface area contributed by atoms with Gasteiger partial charge in [-0.05, 0) is 86.4 Å². The first-order chi connectivity index (χ1) is 24.8. The van der Waals surface area contributed by atoms with E-state index in [1.54, 1.807) is 0 Å². The van der Waals surface area contributed by atoms with Crippen molar-refractivity contribution in [3.8, 4) is 22.5 Å². The molecule has 0 fully saturated rings. The molecule has 0 spiro atoms. The molecule has 2 heterocycles. The molecule has 50 heavy (non-hydrogen) atoms. The second kappa shape index (κ2) is 10.4. The summed E-state index contributed by atoms with van der Waals surface area (Å²) < 4.78 is 4.95. The van der Waals surface area contributed by atoms with E-state index in [9.17, 15) is 0 Å². The molecule has 0 aliphatic carbocycles. The molecule has 0 unspecified atom stereocenters. The number of nitrogens with zero attached hydrogens (tertiary/aromatic N) is 2. The van der Waals surface area contributed by atoms with Crippen molar-refractivity contribution in [1.29, 1.82) is 0 Å². The molecule has 9 aromatic carbocycles.